The van der Waals surface area contributed by atoms with Crippen LogP contribution in [-0.4, -0.2) is 48.3 Å². The van der Waals surface area contributed by atoms with Crippen LogP contribution in [0.2, 0.25) is 5.02 Å². The van der Waals surface area contributed by atoms with E-state index in [-0.39, 0.29) is 12.0 Å². The van der Waals surface area contributed by atoms with Gasteiger partial charge in [-0.3, -0.25) is 4.98 Å². The van der Waals surface area contributed by atoms with Crippen molar-refractivity contribution in [2.45, 2.75) is 44.9 Å². The Balaban J connectivity index is 1.29. The van der Waals surface area contributed by atoms with Gasteiger partial charge in [0.15, 0.2) is 0 Å². The molecule has 4 nitrogen and oxygen atoms in total. The highest BCUT2D eigenvalue weighted by molar-refractivity contribution is 6.32. The molecule has 0 amide bonds. The normalized spacial score (nSPS) is 16.0. The molecule has 0 bridgehead atoms. The number of ether oxygens (including phenoxy) is 1. The van der Waals surface area contributed by atoms with Crippen LogP contribution < -0.4 is 4.74 Å². The Labute approximate surface area is 210 Å². The Morgan fingerprint density at radius 1 is 1.06 bits per heavy atom. The molecule has 1 aliphatic heterocycles. The van der Waals surface area contributed by atoms with E-state index in [1.807, 2.05) is 18.2 Å². The Bertz CT molecular complexity index is 1130. The number of rotatable bonds is 10. The van der Waals surface area contributed by atoms with E-state index >= 15 is 0 Å². The van der Waals surface area contributed by atoms with E-state index in [9.17, 15) is 13.9 Å². The summed E-state index contributed by atoms with van der Waals surface area (Å²) in [7, 11) is 1.65. The summed E-state index contributed by atoms with van der Waals surface area (Å²) in [6.45, 7) is 2.92. The number of benzene rings is 2. The number of pyridine rings is 1. The van der Waals surface area contributed by atoms with Gasteiger partial charge in [-0.15, -0.1) is 0 Å². The molecule has 1 saturated heterocycles. The summed E-state index contributed by atoms with van der Waals surface area (Å²) in [5.74, 6) is -0.263. The first-order valence-corrected chi connectivity index (χ1v) is 12.7. The zero-order chi connectivity index (χ0) is 24.8. The first kappa shape index (κ1) is 25.8. The number of piperidine rings is 1. The van der Waals surface area contributed by atoms with E-state index < -0.39 is 11.6 Å². The molecule has 1 fully saturated rings. The fourth-order valence-corrected chi connectivity index (χ4v) is 5.47. The van der Waals surface area contributed by atoms with Gasteiger partial charge < -0.3 is 14.7 Å². The highest BCUT2D eigenvalue weighted by atomic mass is 35.5. The lowest BCUT2D eigenvalue weighted by atomic mass is 9.75. The van der Waals surface area contributed by atoms with Crippen LogP contribution >= 0.6 is 11.6 Å². The molecule has 7 heteroatoms. The number of aliphatic hydroxyl groups is 1. The van der Waals surface area contributed by atoms with Crippen molar-refractivity contribution in [2.24, 2.45) is 5.41 Å². The molecule has 1 aromatic heterocycles. The summed E-state index contributed by atoms with van der Waals surface area (Å²) in [5, 5.41) is 11.9. The predicted molar refractivity (Wildman–Crippen MR) is 136 cm³/mol. The van der Waals surface area contributed by atoms with Crippen LogP contribution in [0.5, 0.6) is 5.75 Å². The molecule has 0 atom stereocenters. The number of nitrogens with zero attached hydrogens (tertiary/aromatic N) is 2. The van der Waals surface area contributed by atoms with E-state index in [1.165, 1.54) is 12.1 Å². The second-order valence-electron chi connectivity index (χ2n) is 9.70. The summed E-state index contributed by atoms with van der Waals surface area (Å²) < 4.78 is 32.2. The lowest BCUT2D eigenvalue weighted by Gasteiger charge is -2.41. The van der Waals surface area contributed by atoms with E-state index in [0.29, 0.717) is 17.0 Å². The van der Waals surface area contributed by atoms with Gasteiger partial charge in [-0.25, -0.2) is 8.78 Å². The number of halogens is 3. The van der Waals surface area contributed by atoms with Crippen molar-refractivity contribution < 1.29 is 18.6 Å². The first-order chi connectivity index (χ1) is 16.9. The number of methoxy groups -OCH3 is 1. The monoisotopic (exact) mass is 502 g/mol. The van der Waals surface area contributed by atoms with Crippen LogP contribution in [0.4, 0.5) is 8.78 Å². The summed E-state index contributed by atoms with van der Waals surface area (Å²) in [4.78, 5) is 6.83. The van der Waals surface area contributed by atoms with Crippen molar-refractivity contribution in [3.63, 3.8) is 0 Å². The van der Waals surface area contributed by atoms with E-state index in [2.05, 4.69) is 9.88 Å². The first-order valence-electron chi connectivity index (χ1n) is 12.3. The van der Waals surface area contributed by atoms with Gasteiger partial charge in [0.1, 0.15) is 17.4 Å². The molecule has 0 radical (unpaired) electrons. The average Bonchev–Trinajstić information content (AvgIpc) is 2.85. The number of hydrogen-bond acceptors (Lipinski definition) is 4. The molecule has 1 aliphatic rings. The van der Waals surface area contributed by atoms with E-state index in [1.54, 1.807) is 13.3 Å². The molecule has 2 heterocycles. The third kappa shape index (κ3) is 6.49. The number of aliphatic hydroxyl groups excluding tert-OH is 1. The molecule has 4 rings (SSSR count). The van der Waals surface area contributed by atoms with Gasteiger partial charge in [-0.05, 0) is 111 Å². The third-order valence-corrected chi connectivity index (χ3v) is 7.71. The van der Waals surface area contributed by atoms with Crippen LogP contribution in [0.3, 0.4) is 0 Å². The van der Waals surface area contributed by atoms with Gasteiger partial charge in [-0.1, -0.05) is 11.6 Å². The molecule has 35 heavy (non-hydrogen) atoms. The quantitative estimate of drug-likeness (QED) is 0.358. The van der Waals surface area contributed by atoms with Crippen molar-refractivity contribution in [3.05, 3.63) is 70.4 Å². The summed E-state index contributed by atoms with van der Waals surface area (Å²) in [5.41, 5.74) is 2.60. The molecule has 1 N–H and O–H groups in total. The van der Waals surface area contributed by atoms with Gasteiger partial charge in [0.05, 0.1) is 17.6 Å². The fraction of sp³-hybridized carbons (Fsp3) is 0.464. The molecule has 0 unspecified atom stereocenters. The zero-order valence-corrected chi connectivity index (χ0v) is 21.0. The molecule has 188 valence electrons. The predicted octanol–water partition coefficient (Wildman–Crippen LogP) is 6.21. The van der Waals surface area contributed by atoms with Crippen LogP contribution in [-0.2, 0) is 12.8 Å². The maximum absolute atomic E-state index is 13.4. The minimum absolute atomic E-state index is 0.0742. The molecule has 0 saturated carbocycles. The Kier molecular flexibility index (Phi) is 8.58. The summed E-state index contributed by atoms with van der Waals surface area (Å²) in [6.07, 6.45) is 7.79. The Hall–Kier alpha value is -2.28. The van der Waals surface area contributed by atoms with Gasteiger partial charge in [0.2, 0.25) is 0 Å². The molecule has 0 spiro atoms. The number of aryl methyl sites for hydroxylation is 2. The van der Waals surface area contributed by atoms with Crippen molar-refractivity contribution in [1.82, 2.24) is 9.88 Å². The molecular formula is C28H33ClF2N2O2. The summed E-state index contributed by atoms with van der Waals surface area (Å²) in [6, 6.07) is 9.56. The van der Waals surface area contributed by atoms with Crippen molar-refractivity contribution >= 4 is 22.5 Å². The Morgan fingerprint density at radius 2 is 1.80 bits per heavy atom. The molecule has 2 aromatic carbocycles. The van der Waals surface area contributed by atoms with Gasteiger partial charge in [0, 0.05) is 24.3 Å². The second kappa shape index (κ2) is 11.6. The molecule has 0 aliphatic carbocycles. The Morgan fingerprint density at radius 3 is 2.49 bits per heavy atom. The van der Waals surface area contributed by atoms with Crippen LogP contribution in [0, 0.1) is 17.0 Å². The average molecular weight is 503 g/mol. The summed E-state index contributed by atoms with van der Waals surface area (Å²) >= 11 is 6.52. The highest BCUT2D eigenvalue weighted by Gasteiger charge is 2.33. The van der Waals surface area contributed by atoms with Gasteiger partial charge >= 0.3 is 0 Å². The van der Waals surface area contributed by atoms with Crippen molar-refractivity contribution in [2.75, 3.05) is 33.4 Å². The number of likely N-dealkylation sites (tertiary alicyclic amines) is 1. The standard InChI is InChI=1S/C28H33ClF2N2O2/c1-35-23-6-7-27-25(17-23)24(26(29)18-32-27)5-2-8-28(19-34)9-12-33(13-10-28)11-3-4-20-14-21(30)16-22(31)15-20/h6-7,14-18,34H,2-5,8-13,19H2,1H3. The van der Waals surface area contributed by atoms with Gasteiger partial charge in [0.25, 0.3) is 0 Å². The minimum atomic E-state index is -0.522. The van der Waals surface area contributed by atoms with Crippen molar-refractivity contribution in [3.8, 4) is 5.75 Å². The maximum Gasteiger partial charge on any atom is 0.126 e. The van der Waals surface area contributed by atoms with E-state index in [0.717, 1.165) is 86.4 Å². The smallest absolute Gasteiger partial charge is 0.126 e. The van der Waals surface area contributed by atoms with Crippen LogP contribution in [0.25, 0.3) is 10.9 Å². The highest BCUT2D eigenvalue weighted by Crippen LogP contribution is 2.37. The van der Waals surface area contributed by atoms with Crippen LogP contribution in [0.1, 0.15) is 43.2 Å². The molecular weight excluding hydrogens is 470 g/mol. The maximum atomic E-state index is 13.4. The fourth-order valence-electron chi connectivity index (χ4n) is 5.22. The SMILES string of the molecule is COc1ccc2ncc(Cl)c(CCCC3(CO)CCN(CCCc4cc(F)cc(F)c4)CC3)c2c1. The number of hydrogen-bond donors (Lipinski definition) is 1. The second-order valence-corrected chi connectivity index (χ2v) is 10.1. The van der Waals surface area contributed by atoms with E-state index in [4.69, 9.17) is 16.3 Å². The van der Waals surface area contributed by atoms with Crippen molar-refractivity contribution in [1.29, 1.82) is 0 Å². The lowest BCUT2D eigenvalue weighted by molar-refractivity contribution is 0.0353. The third-order valence-electron chi connectivity index (χ3n) is 7.38. The number of fused-ring (bicyclic) bond motifs is 1. The van der Waals surface area contributed by atoms with Gasteiger partial charge in [-0.2, -0.15) is 0 Å². The number of aromatic nitrogens is 1. The van der Waals surface area contributed by atoms with Crippen LogP contribution in [0.15, 0.2) is 42.6 Å². The zero-order valence-electron chi connectivity index (χ0n) is 20.2. The largest absolute Gasteiger partial charge is 0.497 e. The molecule has 3 aromatic rings. The minimum Gasteiger partial charge on any atom is -0.497 e. The lowest BCUT2D eigenvalue weighted by Crippen LogP contribution is -2.42. The topological polar surface area (TPSA) is 45.6 Å².